The number of likely N-dealkylation sites (N-methyl/N-ethyl adjacent to an activating group) is 1. The maximum atomic E-state index is 13.1. The minimum Gasteiger partial charge on any atom is -0.423 e. The molecule has 0 aromatic heterocycles. The van der Waals surface area contributed by atoms with Gasteiger partial charge in [-0.1, -0.05) is 54.4 Å². The molecule has 0 bridgehead atoms. The number of hydrogen-bond donors (Lipinski definition) is 0. The molecule has 1 aliphatic rings. The van der Waals surface area contributed by atoms with Gasteiger partial charge in [-0.2, -0.15) is 0 Å². The molecule has 1 fully saturated rings. The fraction of sp³-hybridized carbons (Fsp3) is 0.160. The van der Waals surface area contributed by atoms with Crippen LogP contribution < -0.4 is 9.64 Å². The Morgan fingerprint density at radius 2 is 1.61 bits per heavy atom. The van der Waals surface area contributed by atoms with Gasteiger partial charge in [-0.25, -0.2) is 14.5 Å². The number of halogens is 2. The number of urea groups is 1. The second kappa shape index (κ2) is 9.25. The van der Waals surface area contributed by atoms with Gasteiger partial charge in [0.15, 0.2) is 0 Å². The highest BCUT2D eigenvalue weighted by atomic mass is 35.5. The van der Waals surface area contributed by atoms with E-state index >= 15 is 0 Å². The van der Waals surface area contributed by atoms with Gasteiger partial charge in [0.05, 0.1) is 21.3 Å². The van der Waals surface area contributed by atoms with Gasteiger partial charge in [-0.05, 0) is 60.0 Å². The van der Waals surface area contributed by atoms with Crippen molar-refractivity contribution in [1.29, 1.82) is 0 Å². The highest BCUT2D eigenvalue weighted by molar-refractivity contribution is 6.42. The van der Waals surface area contributed by atoms with E-state index in [-0.39, 0.29) is 5.02 Å². The third kappa shape index (κ3) is 4.45. The first-order valence-corrected chi connectivity index (χ1v) is 11.0. The lowest BCUT2D eigenvalue weighted by Crippen LogP contribution is -2.31. The van der Waals surface area contributed by atoms with Crippen LogP contribution in [0.1, 0.15) is 34.5 Å². The minimum atomic E-state index is -0.821. The number of ether oxygens (including phenoxy) is 1. The Labute approximate surface area is 201 Å². The summed E-state index contributed by atoms with van der Waals surface area (Å²) in [5.74, 6) is -0.550. The van der Waals surface area contributed by atoms with E-state index in [0.717, 1.165) is 16.9 Å². The Hall–Kier alpha value is -3.35. The Bertz CT molecular complexity index is 1230. The van der Waals surface area contributed by atoms with Crippen LogP contribution in [0.2, 0.25) is 10.0 Å². The molecule has 8 heteroatoms. The van der Waals surface area contributed by atoms with E-state index in [2.05, 4.69) is 0 Å². The number of carbonyl (C=O) groups is 3. The lowest BCUT2D eigenvalue weighted by atomic mass is 10.1. The molecule has 1 heterocycles. The summed E-state index contributed by atoms with van der Waals surface area (Å²) < 4.78 is 5.44. The second-order valence-corrected chi connectivity index (χ2v) is 8.39. The Morgan fingerprint density at radius 1 is 0.939 bits per heavy atom. The summed E-state index contributed by atoms with van der Waals surface area (Å²) in [4.78, 5) is 40.7. The molecule has 0 radical (unpaired) electrons. The topological polar surface area (TPSA) is 66.9 Å². The van der Waals surface area contributed by atoms with Crippen LogP contribution in [0.3, 0.4) is 0 Å². The molecule has 3 aromatic carbocycles. The Morgan fingerprint density at radius 3 is 2.21 bits per heavy atom. The average Bonchev–Trinajstić information content (AvgIpc) is 3.04. The molecular formula is C25H20Cl2N2O4. The molecular weight excluding hydrogens is 463 g/mol. The SMILES string of the molecule is CCc1ccc(C(=O)Oc2ccc(C3C(=O)N(c4ccc(Cl)c(Cl)c4)C(=O)N3C)cc2)cc1. The molecule has 1 atom stereocenters. The first kappa shape index (κ1) is 22.8. The number of rotatable bonds is 5. The summed E-state index contributed by atoms with van der Waals surface area (Å²) in [5.41, 5.74) is 2.51. The van der Waals surface area contributed by atoms with Crippen LogP contribution in [0.25, 0.3) is 0 Å². The van der Waals surface area contributed by atoms with Crippen molar-refractivity contribution < 1.29 is 19.1 Å². The number of esters is 1. The maximum absolute atomic E-state index is 13.1. The minimum absolute atomic E-state index is 0.247. The fourth-order valence-corrected chi connectivity index (χ4v) is 3.93. The number of aryl methyl sites for hydroxylation is 1. The van der Waals surface area contributed by atoms with Crippen molar-refractivity contribution in [2.24, 2.45) is 0 Å². The van der Waals surface area contributed by atoms with Crippen molar-refractivity contribution in [3.8, 4) is 5.75 Å². The van der Waals surface area contributed by atoms with Gasteiger partial charge in [-0.15, -0.1) is 0 Å². The summed E-state index contributed by atoms with van der Waals surface area (Å²) in [6, 6.07) is 17.0. The van der Waals surface area contributed by atoms with Gasteiger partial charge in [0, 0.05) is 7.05 Å². The summed E-state index contributed by atoms with van der Waals surface area (Å²) in [5, 5.41) is 0.576. The molecule has 0 aliphatic carbocycles. The predicted octanol–water partition coefficient (Wildman–Crippen LogP) is 5.91. The standard InChI is InChI=1S/C25H20Cl2N2O4/c1-3-15-4-6-17(7-5-15)24(31)33-19-11-8-16(9-12-19)22-23(30)29(25(32)28(22)2)18-10-13-20(26)21(27)14-18/h4-14,22H,3H2,1-2H3. The van der Waals surface area contributed by atoms with Gasteiger partial charge in [0.25, 0.3) is 5.91 Å². The van der Waals surface area contributed by atoms with Crippen molar-refractivity contribution in [3.63, 3.8) is 0 Å². The van der Waals surface area contributed by atoms with Crippen molar-refractivity contribution in [1.82, 2.24) is 4.90 Å². The summed E-state index contributed by atoms with van der Waals surface area (Å²) in [6.07, 6.45) is 0.885. The second-order valence-electron chi connectivity index (χ2n) is 7.58. The third-order valence-electron chi connectivity index (χ3n) is 5.50. The van der Waals surface area contributed by atoms with E-state index in [1.165, 1.54) is 17.0 Å². The highest BCUT2D eigenvalue weighted by Gasteiger charge is 2.44. The van der Waals surface area contributed by atoms with Crippen LogP contribution in [-0.2, 0) is 11.2 Å². The summed E-state index contributed by atoms with van der Waals surface area (Å²) in [7, 11) is 1.55. The predicted molar refractivity (Wildman–Crippen MR) is 127 cm³/mol. The van der Waals surface area contributed by atoms with Crippen LogP contribution in [0, 0.1) is 0 Å². The van der Waals surface area contributed by atoms with Gasteiger partial charge < -0.3 is 9.64 Å². The molecule has 0 spiro atoms. The van der Waals surface area contributed by atoms with E-state index in [9.17, 15) is 14.4 Å². The van der Waals surface area contributed by atoms with Crippen LogP contribution in [0.4, 0.5) is 10.5 Å². The van der Waals surface area contributed by atoms with Gasteiger partial charge in [-0.3, -0.25) is 4.79 Å². The van der Waals surface area contributed by atoms with Crippen LogP contribution in [0.5, 0.6) is 5.75 Å². The maximum Gasteiger partial charge on any atom is 0.343 e. The number of nitrogens with zero attached hydrogens (tertiary/aromatic N) is 2. The Kier molecular flexibility index (Phi) is 6.40. The smallest absolute Gasteiger partial charge is 0.343 e. The lowest BCUT2D eigenvalue weighted by molar-refractivity contribution is -0.119. The van der Waals surface area contributed by atoms with Crippen LogP contribution in [-0.4, -0.2) is 29.9 Å². The monoisotopic (exact) mass is 482 g/mol. The number of benzene rings is 3. The van der Waals surface area contributed by atoms with E-state index in [1.807, 2.05) is 19.1 Å². The van der Waals surface area contributed by atoms with Crippen LogP contribution >= 0.6 is 23.2 Å². The Balaban J connectivity index is 1.51. The largest absolute Gasteiger partial charge is 0.423 e. The zero-order valence-corrected chi connectivity index (χ0v) is 19.4. The van der Waals surface area contributed by atoms with E-state index < -0.39 is 23.9 Å². The zero-order chi connectivity index (χ0) is 23.7. The number of anilines is 1. The number of amides is 3. The molecule has 0 N–H and O–H groups in total. The number of carbonyl (C=O) groups excluding carboxylic acids is 3. The molecule has 3 amide bonds. The first-order valence-electron chi connectivity index (χ1n) is 10.3. The summed E-state index contributed by atoms with van der Waals surface area (Å²) in [6.45, 7) is 2.04. The third-order valence-corrected chi connectivity index (χ3v) is 6.24. The molecule has 1 unspecified atom stereocenters. The van der Waals surface area contributed by atoms with Crippen LogP contribution in [0.15, 0.2) is 66.7 Å². The molecule has 33 heavy (non-hydrogen) atoms. The van der Waals surface area contributed by atoms with E-state index in [1.54, 1.807) is 49.5 Å². The fourth-order valence-electron chi connectivity index (χ4n) is 3.64. The number of imide groups is 1. The van der Waals surface area contributed by atoms with Crippen molar-refractivity contribution >= 4 is 46.8 Å². The summed E-state index contributed by atoms with van der Waals surface area (Å²) >= 11 is 12.0. The molecule has 3 aromatic rings. The van der Waals surface area contributed by atoms with Crippen molar-refractivity contribution in [3.05, 3.63) is 93.5 Å². The molecule has 6 nitrogen and oxygen atoms in total. The van der Waals surface area contributed by atoms with Crippen molar-refractivity contribution in [2.75, 3.05) is 11.9 Å². The number of hydrogen-bond acceptors (Lipinski definition) is 4. The zero-order valence-electron chi connectivity index (χ0n) is 17.9. The molecule has 1 aliphatic heterocycles. The van der Waals surface area contributed by atoms with Gasteiger partial charge in [0.1, 0.15) is 11.8 Å². The van der Waals surface area contributed by atoms with E-state index in [0.29, 0.717) is 27.6 Å². The quantitative estimate of drug-likeness (QED) is 0.257. The van der Waals surface area contributed by atoms with E-state index in [4.69, 9.17) is 27.9 Å². The highest BCUT2D eigenvalue weighted by Crippen LogP contribution is 2.36. The first-order chi connectivity index (χ1) is 15.8. The lowest BCUT2D eigenvalue weighted by Gasteiger charge is -2.16. The molecule has 1 saturated heterocycles. The molecule has 4 rings (SSSR count). The molecule has 0 saturated carbocycles. The molecule has 168 valence electrons. The van der Waals surface area contributed by atoms with Gasteiger partial charge in [0.2, 0.25) is 0 Å². The average molecular weight is 483 g/mol. The van der Waals surface area contributed by atoms with Crippen molar-refractivity contribution in [2.45, 2.75) is 19.4 Å². The normalized spacial score (nSPS) is 15.8. The van der Waals surface area contributed by atoms with Gasteiger partial charge >= 0.3 is 12.0 Å².